The first kappa shape index (κ1) is 15.5. The van der Waals surface area contributed by atoms with Crippen molar-refractivity contribution in [2.24, 2.45) is 10.2 Å². The van der Waals surface area contributed by atoms with Gasteiger partial charge in [0.05, 0.1) is 19.9 Å². The number of hydrogen-bond donors (Lipinski definition) is 2. The van der Waals surface area contributed by atoms with Crippen molar-refractivity contribution in [1.82, 2.24) is 10.2 Å². The van der Waals surface area contributed by atoms with Gasteiger partial charge in [0.25, 0.3) is 5.56 Å². The summed E-state index contributed by atoms with van der Waals surface area (Å²) in [5, 5.41) is 13.6. The Morgan fingerprint density at radius 1 is 0.875 bits per heavy atom. The van der Waals surface area contributed by atoms with Crippen molar-refractivity contribution in [1.29, 1.82) is 0 Å². The summed E-state index contributed by atoms with van der Waals surface area (Å²) in [6, 6.07) is 14.5. The number of azo groups is 1. The highest BCUT2D eigenvalue weighted by Gasteiger charge is 2.12. The van der Waals surface area contributed by atoms with Gasteiger partial charge >= 0.3 is 0 Å². The van der Waals surface area contributed by atoms with Gasteiger partial charge < -0.3 is 9.47 Å². The van der Waals surface area contributed by atoms with Gasteiger partial charge in [-0.3, -0.25) is 15.0 Å². The first-order valence-electron chi connectivity index (χ1n) is 7.22. The van der Waals surface area contributed by atoms with Crippen LogP contribution in [-0.4, -0.2) is 24.4 Å². The highest BCUT2D eigenvalue weighted by Crippen LogP contribution is 2.31. The molecule has 2 aromatic carbocycles. The van der Waals surface area contributed by atoms with Crippen LogP contribution in [0.15, 0.2) is 63.6 Å². The Morgan fingerprint density at radius 2 is 1.62 bits per heavy atom. The number of ether oxygens (including phenoxy) is 2. The zero-order valence-corrected chi connectivity index (χ0v) is 13.2. The molecule has 2 N–H and O–H groups in total. The molecule has 0 saturated carbocycles. The lowest BCUT2D eigenvalue weighted by molar-refractivity contribution is 0.415. The largest absolute Gasteiger partial charge is 0.497 e. The number of para-hydroxylation sites is 1. The van der Waals surface area contributed by atoms with E-state index in [2.05, 4.69) is 20.4 Å². The Hall–Kier alpha value is -3.35. The van der Waals surface area contributed by atoms with Gasteiger partial charge in [0.15, 0.2) is 5.69 Å². The number of benzene rings is 2. The molecule has 0 atom stereocenters. The molecule has 0 unspecified atom stereocenters. The monoisotopic (exact) mass is 324 g/mol. The first-order chi connectivity index (χ1) is 11.7. The van der Waals surface area contributed by atoms with Crippen LogP contribution in [0.4, 0.5) is 11.4 Å². The fraction of sp³-hybridized carbons (Fsp3) is 0.118. The molecule has 0 amide bonds. The number of H-pyrrole nitrogens is 2. The van der Waals surface area contributed by atoms with E-state index in [4.69, 9.17) is 9.47 Å². The van der Waals surface area contributed by atoms with Crippen molar-refractivity contribution in [2.75, 3.05) is 14.2 Å². The summed E-state index contributed by atoms with van der Waals surface area (Å²) in [6.07, 6.45) is 0. The second-order valence-corrected chi connectivity index (χ2v) is 4.90. The van der Waals surface area contributed by atoms with Crippen LogP contribution < -0.4 is 15.0 Å². The fourth-order valence-electron chi connectivity index (χ4n) is 2.23. The van der Waals surface area contributed by atoms with Crippen LogP contribution in [0, 0.1) is 0 Å². The first-order valence-corrected chi connectivity index (χ1v) is 7.22. The van der Waals surface area contributed by atoms with Crippen molar-refractivity contribution in [3.8, 4) is 22.8 Å². The van der Waals surface area contributed by atoms with E-state index in [1.807, 2.05) is 36.4 Å². The van der Waals surface area contributed by atoms with Crippen LogP contribution in [0.25, 0.3) is 11.3 Å². The quantitative estimate of drug-likeness (QED) is 0.699. The van der Waals surface area contributed by atoms with Gasteiger partial charge in [-0.05, 0) is 36.4 Å². The van der Waals surface area contributed by atoms with Crippen molar-refractivity contribution >= 4 is 11.4 Å². The number of methoxy groups -OCH3 is 2. The van der Waals surface area contributed by atoms with Gasteiger partial charge in [-0.15, -0.1) is 10.2 Å². The molecule has 0 bridgehead atoms. The smallest absolute Gasteiger partial charge is 0.292 e. The van der Waals surface area contributed by atoms with Gasteiger partial charge in [-0.2, -0.15) is 0 Å². The Bertz CT molecular complexity index is 910. The second-order valence-electron chi connectivity index (χ2n) is 4.90. The molecule has 3 rings (SSSR count). The molecular formula is C17H16N4O3. The molecule has 7 heteroatoms. The lowest BCUT2D eigenvalue weighted by Crippen LogP contribution is -1.96. The molecule has 0 fully saturated rings. The highest BCUT2D eigenvalue weighted by atomic mass is 16.5. The van der Waals surface area contributed by atoms with Crippen molar-refractivity contribution in [3.05, 3.63) is 58.9 Å². The summed E-state index contributed by atoms with van der Waals surface area (Å²) in [4.78, 5) is 12.0. The maximum Gasteiger partial charge on any atom is 0.292 e. The standard InChI is InChI=1S/C17H16N4O3/c1-23-12-9-7-11(8-10-12)15-16(17(22)21-19-15)20-18-13-5-3-4-6-14(13)24-2/h3-10H,1-2H3,(H2,19,21,22). The molecule has 3 aromatic rings. The number of rotatable bonds is 5. The van der Waals surface area contributed by atoms with Gasteiger partial charge in [0.2, 0.25) is 0 Å². The maximum atomic E-state index is 12.0. The maximum absolute atomic E-state index is 12.0. The van der Waals surface area contributed by atoms with Crippen LogP contribution in [0.5, 0.6) is 11.5 Å². The molecular weight excluding hydrogens is 308 g/mol. The normalized spacial score (nSPS) is 10.9. The van der Waals surface area contributed by atoms with E-state index in [1.54, 1.807) is 26.4 Å². The molecule has 122 valence electrons. The van der Waals surface area contributed by atoms with E-state index in [0.717, 1.165) is 11.3 Å². The lowest BCUT2D eigenvalue weighted by atomic mass is 10.1. The third kappa shape index (κ3) is 3.05. The molecule has 0 radical (unpaired) electrons. The number of nitrogens with zero attached hydrogens (tertiary/aromatic N) is 2. The van der Waals surface area contributed by atoms with E-state index >= 15 is 0 Å². The highest BCUT2D eigenvalue weighted by molar-refractivity contribution is 5.71. The topological polar surface area (TPSA) is 91.8 Å². The second kappa shape index (κ2) is 6.82. The average Bonchev–Trinajstić information content (AvgIpc) is 3.01. The zero-order chi connectivity index (χ0) is 16.9. The van der Waals surface area contributed by atoms with Crippen LogP contribution in [0.1, 0.15) is 0 Å². The van der Waals surface area contributed by atoms with Crippen molar-refractivity contribution in [3.63, 3.8) is 0 Å². The summed E-state index contributed by atoms with van der Waals surface area (Å²) < 4.78 is 10.4. The van der Waals surface area contributed by atoms with Gasteiger partial charge in [0.1, 0.15) is 17.2 Å². The zero-order valence-electron chi connectivity index (χ0n) is 13.2. The third-order valence-corrected chi connectivity index (χ3v) is 3.47. The average molecular weight is 324 g/mol. The van der Waals surface area contributed by atoms with Gasteiger partial charge in [0, 0.05) is 5.56 Å². The molecule has 0 aliphatic heterocycles. The van der Waals surface area contributed by atoms with E-state index < -0.39 is 0 Å². The SMILES string of the molecule is COc1ccc(-c2[nH][nH]c(=O)c2N=Nc2ccccc2OC)cc1. The molecule has 0 aliphatic rings. The predicted octanol–water partition coefficient (Wildman–Crippen LogP) is 3.80. The van der Waals surface area contributed by atoms with Crippen molar-refractivity contribution < 1.29 is 9.47 Å². The number of aromatic amines is 2. The minimum absolute atomic E-state index is 0.200. The Balaban J connectivity index is 1.98. The Labute approximate surface area is 138 Å². The summed E-state index contributed by atoms with van der Waals surface area (Å²) in [7, 11) is 3.15. The Kier molecular flexibility index (Phi) is 4.42. The Morgan fingerprint density at radius 3 is 2.33 bits per heavy atom. The summed E-state index contributed by atoms with van der Waals surface area (Å²) >= 11 is 0. The molecule has 1 heterocycles. The lowest BCUT2D eigenvalue weighted by Gasteiger charge is -2.03. The molecule has 0 saturated heterocycles. The summed E-state index contributed by atoms with van der Waals surface area (Å²) in [6.45, 7) is 0. The van der Waals surface area contributed by atoms with Gasteiger partial charge in [-0.1, -0.05) is 12.1 Å². The van der Waals surface area contributed by atoms with Crippen LogP contribution in [0.2, 0.25) is 0 Å². The summed E-state index contributed by atoms with van der Waals surface area (Å²) in [5.74, 6) is 1.31. The van der Waals surface area contributed by atoms with Gasteiger partial charge in [-0.25, -0.2) is 0 Å². The molecule has 24 heavy (non-hydrogen) atoms. The minimum Gasteiger partial charge on any atom is -0.497 e. The minimum atomic E-state index is -0.348. The van der Waals surface area contributed by atoms with Crippen LogP contribution >= 0.6 is 0 Å². The van der Waals surface area contributed by atoms with Crippen LogP contribution in [-0.2, 0) is 0 Å². The molecule has 1 aromatic heterocycles. The fourth-order valence-corrected chi connectivity index (χ4v) is 2.23. The number of hydrogen-bond acceptors (Lipinski definition) is 5. The molecule has 7 nitrogen and oxygen atoms in total. The van der Waals surface area contributed by atoms with Crippen molar-refractivity contribution in [2.45, 2.75) is 0 Å². The van der Waals surface area contributed by atoms with E-state index in [9.17, 15) is 4.79 Å². The number of nitrogens with one attached hydrogen (secondary N) is 2. The molecule has 0 spiro atoms. The predicted molar refractivity (Wildman–Crippen MR) is 90.6 cm³/mol. The van der Waals surface area contributed by atoms with E-state index in [-0.39, 0.29) is 11.2 Å². The molecule has 0 aliphatic carbocycles. The van der Waals surface area contributed by atoms with E-state index in [0.29, 0.717) is 17.1 Å². The van der Waals surface area contributed by atoms with E-state index in [1.165, 1.54) is 0 Å². The number of aromatic nitrogens is 2. The summed E-state index contributed by atoms with van der Waals surface area (Å²) in [5.41, 5.74) is 1.75. The van der Waals surface area contributed by atoms with Crippen LogP contribution in [0.3, 0.4) is 0 Å². The third-order valence-electron chi connectivity index (χ3n) is 3.47.